The van der Waals surface area contributed by atoms with E-state index >= 15 is 0 Å². The van der Waals surface area contributed by atoms with Crippen LogP contribution in [0.2, 0.25) is 0 Å². The predicted octanol–water partition coefficient (Wildman–Crippen LogP) is 1.94. The summed E-state index contributed by atoms with van der Waals surface area (Å²) in [6, 6.07) is 8.01. The van der Waals surface area contributed by atoms with Gasteiger partial charge in [0.25, 0.3) is 0 Å². The molecular weight excluding hydrogens is 308 g/mol. The average Bonchev–Trinajstić information content (AvgIpc) is 2.60. The number of terminal acetylenes is 1. The van der Waals surface area contributed by atoms with Crippen LogP contribution in [0, 0.1) is 12.3 Å². The molecule has 5 heteroatoms. The summed E-state index contributed by atoms with van der Waals surface area (Å²) in [6.07, 6.45) is 9.24. The van der Waals surface area contributed by atoms with Crippen LogP contribution in [0.5, 0.6) is 0 Å². The molecule has 0 atom stereocenters. The molecule has 0 unspecified atom stereocenters. The Morgan fingerprint density at radius 1 is 1.09 bits per heavy atom. The zero-order chi connectivity index (χ0) is 16.3. The van der Waals surface area contributed by atoms with Crippen LogP contribution < -0.4 is 0 Å². The van der Waals surface area contributed by atoms with Gasteiger partial charge in [-0.25, -0.2) is 8.42 Å². The molecule has 122 valence electrons. The smallest absolute Gasteiger partial charge is 0.239 e. The SMILES string of the molecule is C#CCCN1CCN(S(=O)(=O)C2=Cc3ccccc3CC2)CC1. The second-order valence-corrected chi connectivity index (χ2v) is 8.00. The van der Waals surface area contributed by atoms with Crippen molar-refractivity contribution in [3.05, 3.63) is 40.3 Å². The van der Waals surface area contributed by atoms with E-state index in [0.717, 1.165) is 31.6 Å². The monoisotopic (exact) mass is 330 g/mol. The first-order valence-electron chi connectivity index (χ1n) is 8.06. The molecule has 0 N–H and O–H groups in total. The Hall–Kier alpha value is -1.61. The minimum atomic E-state index is -3.34. The summed E-state index contributed by atoms with van der Waals surface area (Å²) in [5.41, 5.74) is 2.26. The quantitative estimate of drug-likeness (QED) is 0.792. The lowest BCUT2D eigenvalue weighted by Crippen LogP contribution is -2.49. The summed E-state index contributed by atoms with van der Waals surface area (Å²) in [7, 11) is -3.34. The van der Waals surface area contributed by atoms with Crippen LogP contribution in [0.3, 0.4) is 0 Å². The van der Waals surface area contributed by atoms with E-state index in [0.29, 0.717) is 30.8 Å². The third-order valence-corrected chi connectivity index (χ3v) is 6.62. The van der Waals surface area contributed by atoms with Crippen LogP contribution >= 0.6 is 0 Å². The van der Waals surface area contributed by atoms with Crippen molar-refractivity contribution in [2.45, 2.75) is 19.3 Å². The average molecular weight is 330 g/mol. The highest BCUT2D eigenvalue weighted by molar-refractivity contribution is 7.93. The van der Waals surface area contributed by atoms with Crippen molar-refractivity contribution < 1.29 is 8.42 Å². The molecule has 23 heavy (non-hydrogen) atoms. The van der Waals surface area contributed by atoms with Gasteiger partial charge in [-0.3, -0.25) is 4.90 Å². The molecule has 1 fully saturated rings. The van der Waals surface area contributed by atoms with Crippen molar-refractivity contribution >= 4 is 16.1 Å². The fourth-order valence-corrected chi connectivity index (χ4v) is 4.80. The summed E-state index contributed by atoms with van der Waals surface area (Å²) in [5, 5.41) is 0. The van der Waals surface area contributed by atoms with Gasteiger partial charge in [-0.05, 0) is 30.0 Å². The van der Waals surface area contributed by atoms with Gasteiger partial charge in [0, 0.05) is 39.1 Å². The van der Waals surface area contributed by atoms with Gasteiger partial charge in [0.15, 0.2) is 0 Å². The number of hydrogen-bond donors (Lipinski definition) is 0. The topological polar surface area (TPSA) is 40.6 Å². The molecule has 1 aromatic rings. The Bertz CT molecular complexity index is 739. The van der Waals surface area contributed by atoms with E-state index in [9.17, 15) is 8.42 Å². The Kier molecular flexibility index (Phi) is 4.86. The van der Waals surface area contributed by atoms with E-state index in [1.165, 1.54) is 5.56 Å². The van der Waals surface area contributed by atoms with Gasteiger partial charge in [0.05, 0.1) is 4.91 Å². The van der Waals surface area contributed by atoms with Gasteiger partial charge in [0.2, 0.25) is 10.0 Å². The van der Waals surface area contributed by atoms with Crippen LogP contribution in [0.25, 0.3) is 6.08 Å². The lowest BCUT2D eigenvalue weighted by molar-refractivity contribution is 0.192. The first-order chi connectivity index (χ1) is 11.1. The highest BCUT2D eigenvalue weighted by atomic mass is 32.2. The van der Waals surface area contributed by atoms with E-state index < -0.39 is 10.0 Å². The number of fused-ring (bicyclic) bond motifs is 1. The number of rotatable bonds is 4. The normalized spacial score (nSPS) is 19.7. The number of piperazine rings is 1. The fraction of sp³-hybridized carbons (Fsp3) is 0.444. The first kappa shape index (κ1) is 16.3. The van der Waals surface area contributed by atoms with Crippen molar-refractivity contribution in [3.8, 4) is 12.3 Å². The van der Waals surface area contributed by atoms with Crippen molar-refractivity contribution in [2.24, 2.45) is 0 Å². The molecule has 0 bridgehead atoms. The molecule has 0 spiro atoms. The largest absolute Gasteiger partial charge is 0.300 e. The second kappa shape index (κ2) is 6.88. The molecular formula is C18H22N2O2S. The van der Waals surface area contributed by atoms with E-state index in [1.54, 1.807) is 4.31 Å². The van der Waals surface area contributed by atoms with Crippen LogP contribution in [0.1, 0.15) is 24.0 Å². The van der Waals surface area contributed by atoms with Crippen LogP contribution in [-0.4, -0.2) is 50.3 Å². The zero-order valence-corrected chi connectivity index (χ0v) is 14.1. The third-order valence-electron chi connectivity index (χ3n) is 4.59. The molecule has 2 aliphatic rings. The van der Waals surface area contributed by atoms with E-state index in [-0.39, 0.29) is 0 Å². The second-order valence-electron chi connectivity index (χ2n) is 6.01. The Morgan fingerprint density at radius 3 is 2.57 bits per heavy atom. The van der Waals surface area contributed by atoms with Crippen molar-refractivity contribution in [1.82, 2.24) is 9.21 Å². The summed E-state index contributed by atoms with van der Waals surface area (Å²) in [4.78, 5) is 2.78. The van der Waals surface area contributed by atoms with Crippen molar-refractivity contribution in [2.75, 3.05) is 32.7 Å². The van der Waals surface area contributed by atoms with Gasteiger partial charge in [0.1, 0.15) is 0 Å². The van der Waals surface area contributed by atoms with E-state index in [1.807, 2.05) is 24.3 Å². The molecule has 1 saturated heterocycles. The summed E-state index contributed by atoms with van der Waals surface area (Å²) >= 11 is 0. The van der Waals surface area contributed by atoms with Gasteiger partial charge < -0.3 is 0 Å². The first-order valence-corrected chi connectivity index (χ1v) is 9.50. The number of sulfonamides is 1. The highest BCUT2D eigenvalue weighted by Gasteiger charge is 2.31. The third kappa shape index (κ3) is 3.50. The maximum Gasteiger partial charge on any atom is 0.239 e. The Balaban J connectivity index is 1.71. The molecule has 1 aliphatic heterocycles. The fourth-order valence-electron chi connectivity index (χ4n) is 3.19. The molecule has 0 radical (unpaired) electrons. The number of allylic oxidation sites excluding steroid dienone is 1. The van der Waals surface area contributed by atoms with Gasteiger partial charge in [-0.2, -0.15) is 4.31 Å². The number of hydrogen-bond acceptors (Lipinski definition) is 3. The Morgan fingerprint density at radius 2 is 1.83 bits per heavy atom. The molecule has 1 heterocycles. The molecule has 0 aromatic heterocycles. The lowest BCUT2D eigenvalue weighted by Gasteiger charge is -2.34. The minimum Gasteiger partial charge on any atom is -0.300 e. The molecule has 3 rings (SSSR count). The van der Waals surface area contributed by atoms with Crippen molar-refractivity contribution in [1.29, 1.82) is 0 Å². The molecule has 0 saturated carbocycles. The predicted molar refractivity (Wildman–Crippen MR) is 93.1 cm³/mol. The lowest BCUT2D eigenvalue weighted by atomic mass is 9.98. The van der Waals surface area contributed by atoms with Gasteiger partial charge >= 0.3 is 0 Å². The summed E-state index contributed by atoms with van der Waals surface area (Å²) in [6.45, 7) is 3.45. The molecule has 1 aliphatic carbocycles. The standard InChI is InChI=1S/C18H22N2O2S/c1-2-3-10-19-11-13-20(14-12-19)23(21,22)18-9-8-16-6-4-5-7-17(16)15-18/h1,4-7,15H,3,8-14H2. The molecule has 0 amide bonds. The maximum atomic E-state index is 12.9. The number of aryl methyl sites for hydroxylation is 1. The Labute approximate surface area is 138 Å². The molecule has 4 nitrogen and oxygen atoms in total. The van der Waals surface area contributed by atoms with E-state index in [2.05, 4.69) is 16.9 Å². The summed E-state index contributed by atoms with van der Waals surface area (Å²) in [5.74, 6) is 2.63. The maximum absolute atomic E-state index is 12.9. The van der Waals surface area contributed by atoms with Crippen molar-refractivity contribution in [3.63, 3.8) is 0 Å². The number of benzene rings is 1. The highest BCUT2D eigenvalue weighted by Crippen LogP contribution is 2.29. The molecule has 1 aromatic carbocycles. The zero-order valence-electron chi connectivity index (χ0n) is 13.2. The van der Waals surface area contributed by atoms with Crippen LogP contribution in [0.15, 0.2) is 29.2 Å². The van der Waals surface area contributed by atoms with Crippen LogP contribution in [-0.2, 0) is 16.4 Å². The van der Waals surface area contributed by atoms with Crippen LogP contribution in [0.4, 0.5) is 0 Å². The number of nitrogens with zero attached hydrogens (tertiary/aromatic N) is 2. The minimum absolute atomic E-state index is 0.548. The summed E-state index contributed by atoms with van der Waals surface area (Å²) < 4.78 is 27.4. The van der Waals surface area contributed by atoms with Gasteiger partial charge in [-0.1, -0.05) is 24.3 Å². The van der Waals surface area contributed by atoms with E-state index in [4.69, 9.17) is 6.42 Å². The van der Waals surface area contributed by atoms with Gasteiger partial charge in [-0.15, -0.1) is 12.3 Å².